The van der Waals surface area contributed by atoms with Crippen LogP contribution in [0.25, 0.3) is 0 Å². The van der Waals surface area contributed by atoms with Crippen LogP contribution in [0, 0.1) is 0 Å². The third-order valence-electron chi connectivity index (χ3n) is 6.17. The van der Waals surface area contributed by atoms with E-state index in [4.69, 9.17) is 25.9 Å². The predicted octanol–water partition coefficient (Wildman–Crippen LogP) is 3.70. The Kier molecular flexibility index (Phi) is 8.10. The van der Waals surface area contributed by atoms with Gasteiger partial charge in [-0.2, -0.15) is 0 Å². The van der Waals surface area contributed by atoms with Crippen LogP contribution in [-0.2, 0) is 29.0 Å². The lowest BCUT2D eigenvalue weighted by molar-refractivity contribution is -0.200. The van der Waals surface area contributed by atoms with Gasteiger partial charge >= 0.3 is 0 Å². The number of hydrogen-bond donors (Lipinski definition) is 2. The molecule has 4 rings (SSSR count). The van der Waals surface area contributed by atoms with Crippen molar-refractivity contribution in [2.45, 2.75) is 43.1 Å². The molecule has 2 aliphatic heterocycles. The van der Waals surface area contributed by atoms with E-state index in [1.54, 1.807) is 48.5 Å². The highest BCUT2D eigenvalue weighted by Crippen LogP contribution is 2.40. The second kappa shape index (κ2) is 11.0. The van der Waals surface area contributed by atoms with Crippen molar-refractivity contribution in [2.24, 2.45) is 0 Å². The van der Waals surface area contributed by atoms with Gasteiger partial charge in [-0.15, -0.1) is 0 Å². The SMILES string of the molecule is O=C(CC1(c2ccc(Oc3ccc(Cl)cc3)cc2)CCNCCS1(=O)=O)NOC1CCCCO1. The minimum atomic E-state index is -3.66. The van der Waals surface area contributed by atoms with E-state index in [2.05, 4.69) is 10.8 Å². The highest BCUT2D eigenvalue weighted by molar-refractivity contribution is 7.92. The number of hydrogen-bond acceptors (Lipinski definition) is 7. The zero-order chi connectivity index (χ0) is 24.0. The lowest BCUT2D eigenvalue weighted by Crippen LogP contribution is -2.43. The van der Waals surface area contributed by atoms with E-state index in [0.29, 0.717) is 48.2 Å². The van der Waals surface area contributed by atoms with Crippen molar-refractivity contribution < 1.29 is 27.5 Å². The maximum Gasteiger partial charge on any atom is 0.245 e. The van der Waals surface area contributed by atoms with Crippen LogP contribution in [0.15, 0.2) is 48.5 Å². The third-order valence-corrected chi connectivity index (χ3v) is 8.93. The van der Waals surface area contributed by atoms with Crippen LogP contribution in [0.3, 0.4) is 0 Å². The summed E-state index contributed by atoms with van der Waals surface area (Å²) in [5.41, 5.74) is 2.96. The van der Waals surface area contributed by atoms with Crippen molar-refractivity contribution in [3.63, 3.8) is 0 Å². The van der Waals surface area contributed by atoms with Gasteiger partial charge in [0.15, 0.2) is 16.1 Å². The molecule has 2 heterocycles. The first-order valence-electron chi connectivity index (χ1n) is 11.4. The van der Waals surface area contributed by atoms with Gasteiger partial charge in [0, 0.05) is 24.6 Å². The number of halogens is 1. The Morgan fingerprint density at radius 2 is 1.79 bits per heavy atom. The van der Waals surface area contributed by atoms with Gasteiger partial charge in [0.05, 0.1) is 12.2 Å². The molecule has 2 saturated heterocycles. The Balaban J connectivity index is 1.54. The normalized spacial score (nSPS) is 24.7. The lowest BCUT2D eigenvalue weighted by Gasteiger charge is -2.32. The summed E-state index contributed by atoms with van der Waals surface area (Å²) in [5.74, 6) is 0.601. The molecule has 2 unspecified atom stereocenters. The van der Waals surface area contributed by atoms with E-state index in [0.717, 1.165) is 12.8 Å². The van der Waals surface area contributed by atoms with Crippen LogP contribution < -0.4 is 15.5 Å². The topological polar surface area (TPSA) is 103 Å². The summed E-state index contributed by atoms with van der Waals surface area (Å²) < 4.78 is 36.8. The molecule has 184 valence electrons. The van der Waals surface area contributed by atoms with Gasteiger partial charge < -0.3 is 14.8 Å². The molecule has 10 heteroatoms. The van der Waals surface area contributed by atoms with E-state index in [1.807, 2.05) is 0 Å². The minimum absolute atomic E-state index is 0.0596. The standard InChI is InChI=1S/C24H29ClN2O6S/c25-19-6-10-21(11-7-19)32-20-8-4-18(5-9-20)24(12-13-26-14-16-34(24,29)30)17-22(28)27-33-23-3-1-2-15-31-23/h4-11,23,26H,1-3,12-17H2,(H,27,28). The van der Waals surface area contributed by atoms with Gasteiger partial charge in [0.25, 0.3) is 0 Å². The number of carbonyl (C=O) groups is 1. The number of carbonyl (C=O) groups excluding carboxylic acids is 1. The van der Waals surface area contributed by atoms with Crippen LogP contribution in [-0.4, -0.2) is 46.1 Å². The second-order valence-corrected chi connectivity index (χ2v) is 11.4. The number of ether oxygens (including phenoxy) is 2. The van der Waals surface area contributed by atoms with E-state index in [-0.39, 0.29) is 18.6 Å². The van der Waals surface area contributed by atoms with Crippen molar-refractivity contribution in [3.05, 3.63) is 59.1 Å². The zero-order valence-corrected chi connectivity index (χ0v) is 20.4. The summed E-state index contributed by atoms with van der Waals surface area (Å²) in [6, 6.07) is 13.8. The summed E-state index contributed by atoms with van der Waals surface area (Å²) in [5, 5.41) is 3.74. The number of benzene rings is 2. The first-order chi connectivity index (χ1) is 16.4. The smallest absolute Gasteiger partial charge is 0.245 e. The molecule has 1 amide bonds. The monoisotopic (exact) mass is 508 g/mol. The Hall–Kier alpha value is -2.17. The molecule has 2 aliphatic rings. The highest BCUT2D eigenvalue weighted by Gasteiger charge is 2.47. The van der Waals surface area contributed by atoms with Crippen LogP contribution >= 0.6 is 11.6 Å². The van der Waals surface area contributed by atoms with Gasteiger partial charge in [-0.1, -0.05) is 23.7 Å². The number of nitrogens with one attached hydrogen (secondary N) is 2. The van der Waals surface area contributed by atoms with E-state index in [1.165, 1.54) is 0 Å². The van der Waals surface area contributed by atoms with E-state index < -0.39 is 26.8 Å². The quantitative estimate of drug-likeness (QED) is 0.549. The highest BCUT2D eigenvalue weighted by atomic mass is 35.5. The van der Waals surface area contributed by atoms with Crippen LogP contribution in [0.2, 0.25) is 5.02 Å². The summed E-state index contributed by atoms with van der Waals surface area (Å²) >= 11 is 5.92. The van der Waals surface area contributed by atoms with E-state index >= 15 is 0 Å². The molecule has 0 aliphatic carbocycles. The molecular weight excluding hydrogens is 480 g/mol. The predicted molar refractivity (Wildman–Crippen MR) is 128 cm³/mol. The molecule has 34 heavy (non-hydrogen) atoms. The summed E-state index contributed by atoms with van der Waals surface area (Å²) in [4.78, 5) is 18.3. The fourth-order valence-electron chi connectivity index (χ4n) is 4.29. The zero-order valence-electron chi connectivity index (χ0n) is 18.8. The Morgan fingerprint density at radius 1 is 1.09 bits per heavy atom. The molecule has 0 radical (unpaired) electrons. The number of amides is 1. The van der Waals surface area contributed by atoms with E-state index in [9.17, 15) is 13.2 Å². The lowest BCUT2D eigenvalue weighted by atomic mass is 9.90. The van der Waals surface area contributed by atoms with Crippen molar-refractivity contribution in [1.82, 2.24) is 10.8 Å². The molecule has 8 nitrogen and oxygen atoms in total. The molecule has 2 fully saturated rings. The molecule has 2 atom stereocenters. The number of hydroxylamine groups is 1. The first kappa shape index (κ1) is 24.9. The second-order valence-electron chi connectivity index (χ2n) is 8.51. The van der Waals surface area contributed by atoms with Crippen LogP contribution in [0.5, 0.6) is 11.5 Å². The maximum atomic E-state index is 13.4. The van der Waals surface area contributed by atoms with Gasteiger partial charge in [-0.25, -0.2) is 18.7 Å². The van der Waals surface area contributed by atoms with Gasteiger partial charge in [-0.05, 0) is 67.8 Å². The van der Waals surface area contributed by atoms with Gasteiger partial charge in [0.1, 0.15) is 16.2 Å². The fraction of sp³-hybridized carbons (Fsp3) is 0.458. The van der Waals surface area contributed by atoms with Crippen molar-refractivity contribution >= 4 is 27.3 Å². The van der Waals surface area contributed by atoms with Crippen LogP contribution in [0.4, 0.5) is 0 Å². The van der Waals surface area contributed by atoms with Gasteiger partial charge in [-0.3, -0.25) is 4.79 Å². The van der Waals surface area contributed by atoms with Crippen molar-refractivity contribution in [1.29, 1.82) is 0 Å². The molecule has 0 spiro atoms. The van der Waals surface area contributed by atoms with Crippen LogP contribution in [0.1, 0.15) is 37.7 Å². The fourth-order valence-corrected chi connectivity index (χ4v) is 6.48. The van der Waals surface area contributed by atoms with Crippen molar-refractivity contribution in [3.8, 4) is 11.5 Å². The number of rotatable bonds is 7. The minimum Gasteiger partial charge on any atom is -0.457 e. The molecule has 0 aromatic heterocycles. The maximum absolute atomic E-state index is 13.4. The average molecular weight is 509 g/mol. The average Bonchev–Trinajstić information content (AvgIpc) is 2.98. The van der Waals surface area contributed by atoms with Gasteiger partial charge in [0.2, 0.25) is 5.91 Å². The molecule has 0 bridgehead atoms. The molecule has 0 saturated carbocycles. The molecule has 2 N–H and O–H groups in total. The Bertz CT molecular complexity index is 1070. The summed E-state index contributed by atoms with van der Waals surface area (Å²) in [6.45, 7) is 1.40. The molecule has 2 aromatic carbocycles. The molecule has 2 aromatic rings. The first-order valence-corrected chi connectivity index (χ1v) is 13.4. The Labute approximate surface area is 204 Å². The third kappa shape index (κ3) is 5.90. The summed E-state index contributed by atoms with van der Waals surface area (Å²) in [7, 11) is -3.66. The Morgan fingerprint density at radius 3 is 2.47 bits per heavy atom. The largest absolute Gasteiger partial charge is 0.457 e. The molecular formula is C24H29ClN2O6S. The summed E-state index contributed by atoms with van der Waals surface area (Å²) in [6.07, 6.45) is 2.10. The number of sulfone groups is 1. The van der Waals surface area contributed by atoms with Crippen molar-refractivity contribution in [2.75, 3.05) is 25.4 Å².